The minimum absolute atomic E-state index is 0.366. The van der Waals surface area contributed by atoms with Gasteiger partial charge in [-0.15, -0.1) is 0 Å². The Morgan fingerprint density at radius 1 is 0.390 bits per heavy atom. The van der Waals surface area contributed by atoms with E-state index in [4.69, 9.17) is 4.42 Å². The normalized spacial score (nSPS) is 13.4. The largest absolute Gasteiger partial charge is 0.455 e. The molecule has 0 amide bonds. The van der Waals surface area contributed by atoms with Gasteiger partial charge in [0.05, 0.1) is 27.5 Å². The van der Waals surface area contributed by atoms with Crippen LogP contribution in [0, 0.1) is 0 Å². The Balaban J connectivity index is 0.854. The zero-order chi connectivity index (χ0) is 50.6. The summed E-state index contributed by atoms with van der Waals surface area (Å²) in [5.41, 5.74) is 24.3. The lowest BCUT2D eigenvalue weighted by Crippen LogP contribution is -2.25. The predicted octanol–water partition coefficient (Wildman–Crippen LogP) is 19.5. The molecule has 0 radical (unpaired) electrons. The van der Waals surface area contributed by atoms with Gasteiger partial charge in [0.25, 0.3) is 0 Å². The first kappa shape index (κ1) is 43.9. The molecule has 0 bridgehead atoms. The van der Waals surface area contributed by atoms with Gasteiger partial charge in [-0.25, -0.2) is 0 Å². The number of aromatic nitrogens is 1. The Kier molecular flexibility index (Phi) is 9.84. The Bertz CT molecular complexity index is 4610. The van der Waals surface area contributed by atoms with E-state index in [1.165, 1.54) is 110 Å². The first-order chi connectivity index (χ1) is 38.2. The molecule has 12 aromatic carbocycles. The zero-order valence-corrected chi connectivity index (χ0v) is 42.5. The number of nitrogens with zero attached hydrogens (tertiary/aromatic N) is 1. The lowest BCUT2D eigenvalue weighted by Gasteiger charge is -2.30. The van der Waals surface area contributed by atoms with Gasteiger partial charge in [0.1, 0.15) is 11.2 Å². The van der Waals surface area contributed by atoms with Crippen molar-refractivity contribution >= 4 is 54.5 Å². The fourth-order valence-corrected chi connectivity index (χ4v) is 14.0. The first-order valence-electron chi connectivity index (χ1n) is 27.2. The average molecular weight is 982 g/mol. The van der Waals surface area contributed by atoms with E-state index in [9.17, 15) is 0 Å². The molecule has 14 aromatic rings. The molecule has 2 aliphatic rings. The van der Waals surface area contributed by atoms with Crippen LogP contribution in [0.15, 0.2) is 271 Å². The number of benzene rings is 12. The van der Waals surface area contributed by atoms with Crippen molar-refractivity contribution < 1.29 is 4.42 Å². The van der Waals surface area contributed by atoms with Crippen LogP contribution in [0.4, 0.5) is 0 Å². The molecular weight excluding hydrogens is 931 g/mol. The lowest BCUT2D eigenvalue weighted by molar-refractivity contribution is 0.621. The standard InChI is InChI=1S/C75H51NO/c1-3-19-50(20-4-1)52-41-37-48(38-42-52)45-53(51-21-5-2-6-22-51)43-39-49-40-44-59-58-27-12-16-34-67(58)76(69(59)46-49)68-35-18-36-70-73(68)62-47-54-23-7-8-24-55(54)72(74(62)77-70)61-29-17-33-66-71(61)60-28-11-15-32-65(60)75(66)63-30-13-9-25-56(63)57-26-10-14-31-64(57)75/h1-38,40-42,44,46-47,53H,39,43,45H2. The van der Waals surface area contributed by atoms with Crippen LogP contribution in [0.5, 0.6) is 0 Å². The van der Waals surface area contributed by atoms with Crippen molar-refractivity contribution in [2.45, 2.75) is 30.6 Å². The summed E-state index contributed by atoms with van der Waals surface area (Å²) in [5, 5.41) is 7.10. The Morgan fingerprint density at radius 3 is 1.75 bits per heavy atom. The summed E-state index contributed by atoms with van der Waals surface area (Å²) in [6.45, 7) is 0. The maximum absolute atomic E-state index is 7.38. The molecule has 2 aliphatic carbocycles. The Hall–Kier alpha value is -9.50. The van der Waals surface area contributed by atoms with E-state index in [-0.39, 0.29) is 0 Å². The fraction of sp³-hybridized carbons (Fsp3) is 0.0667. The van der Waals surface area contributed by atoms with Crippen molar-refractivity contribution in [1.29, 1.82) is 0 Å². The molecule has 0 fully saturated rings. The van der Waals surface area contributed by atoms with Gasteiger partial charge >= 0.3 is 0 Å². The summed E-state index contributed by atoms with van der Waals surface area (Å²) >= 11 is 0. The van der Waals surface area contributed by atoms with Gasteiger partial charge in [-0.3, -0.25) is 0 Å². The van der Waals surface area contributed by atoms with Crippen molar-refractivity contribution in [3.63, 3.8) is 0 Å². The molecule has 2 heteroatoms. The number of hydrogen-bond donors (Lipinski definition) is 0. The monoisotopic (exact) mass is 981 g/mol. The molecule has 1 atom stereocenters. The third-order valence-electron chi connectivity index (χ3n) is 17.4. The molecule has 1 spiro atoms. The highest BCUT2D eigenvalue weighted by Gasteiger charge is 2.52. The fourth-order valence-electron chi connectivity index (χ4n) is 14.0. The molecule has 0 saturated carbocycles. The predicted molar refractivity (Wildman–Crippen MR) is 320 cm³/mol. The lowest BCUT2D eigenvalue weighted by atomic mass is 9.70. The highest BCUT2D eigenvalue weighted by atomic mass is 16.3. The second-order valence-corrected chi connectivity index (χ2v) is 21.3. The number of fused-ring (bicyclic) bond motifs is 17. The number of para-hydroxylation sites is 1. The third-order valence-corrected chi connectivity index (χ3v) is 17.4. The van der Waals surface area contributed by atoms with E-state index in [2.05, 4.69) is 271 Å². The van der Waals surface area contributed by atoms with Crippen molar-refractivity contribution in [2.24, 2.45) is 0 Å². The maximum atomic E-state index is 7.38. The zero-order valence-electron chi connectivity index (χ0n) is 42.5. The second kappa shape index (κ2) is 17.3. The van der Waals surface area contributed by atoms with Crippen LogP contribution in [0.3, 0.4) is 0 Å². The topological polar surface area (TPSA) is 18.1 Å². The van der Waals surface area contributed by atoms with Crippen molar-refractivity contribution in [3.05, 3.63) is 306 Å². The van der Waals surface area contributed by atoms with Gasteiger partial charge in [-0.1, -0.05) is 237 Å². The summed E-state index contributed by atoms with van der Waals surface area (Å²) in [6, 6.07) is 99.3. The summed E-state index contributed by atoms with van der Waals surface area (Å²) in [7, 11) is 0. The van der Waals surface area contributed by atoms with Crippen LogP contribution in [0.1, 0.15) is 51.3 Å². The van der Waals surface area contributed by atoms with Gasteiger partial charge < -0.3 is 8.98 Å². The molecule has 1 unspecified atom stereocenters. The van der Waals surface area contributed by atoms with E-state index in [0.717, 1.165) is 52.5 Å². The number of aryl methyl sites for hydroxylation is 1. The average Bonchev–Trinajstić information content (AvgIpc) is 3.45. The van der Waals surface area contributed by atoms with Gasteiger partial charge in [0.2, 0.25) is 0 Å². The van der Waals surface area contributed by atoms with Crippen LogP contribution < -0.4 is 0 Å². The van der Waals surface area contributed by atoms with E-state index >= 15 is 0 Å². The van der Waals surface area contributed by atoms with Crippen LogP contribution in [0.25, 0.3) is 105 Å². The van der Waals surface area contributed by atoms with Crippen LogP contribution >= 0.6 is 0 Å². The molecule has 0 aliphatic heterocycles. The molecule has 2 nitrogen and oxygen atoms in total. The van der Waals surface area contributed by atoms with Gasteiger partial charge in [-0.05, 0) is 144 Å². The highest BCUT2D eigenvalue weighted by molar-refractivity contribution is 6.22. The minimum Gasteiger partial charge on any atom is -0.455 e. The summed E-state index contributed by atoms with van der Waals surface area (Å²) in [4.78, 5) is 0. The SMILES string of the molecule is c1ccc(-c2ccc(CC(CCc3ccc4c5ccccc5n(-c5cccc6oc7c(-c8cccc9c8-c8ccccc8C98c9ccccc9-c9ccccc98)c8ccccc8cc7c56)c4c3)c3ccccc3)cc2)cc1. The molecule has 16 rings (SSSR count). The second-order valence-electron chi connectivity index (χ2n) is 21.3. The molecule has 0 N–H and O–H groups in total. The molecule has 0 saturated heterocycles. The summed E-state index contributed by atoms with van der Waals surface area (Å²) in [6.07, 6.45) is 2.97. The number of rotatable bonds is 9. The van der Waals surface area contributed by atoms with Gasteiger partial charge in [-0.2, -0.15) is 0 Å². The van der Waals surface area contributed by atoms with E-state index < -0.39 is 5.41 Å². The van der Waals surface area contributed by atoms with Crippen molar-refractivity contribution in [3.8, 4) is 50.2 Å². The third kappa shape index (κ3) is 6.55. The smallest absolute Gasteiger partial charge is 0.143 e. The van der Waals surface area contributed by atoms with E-state index in [0.29, 0.717) is 5.92 Å². The van der Waals surface area contributed by atoms with Crippen molar-refractivity contribution in [2.75, 3.05) is 0 Å². The number of furan rings is 1. The van der Waals surface area contributed by atoms with E-state index in [1.807, 2.05) is 0 Å². The van der Waals surface area contributed by atoms with Crippen LogP contribution in [-0.2, 0) is 18.3 Å². The van der Waals surface area contributed by atoms with Crippen molar-refractivity contribution in [1.82, 2.24) is 4.57 Å². The molecule has 362 valence electrons. The molecule has 2 aromatic heterocycles. The van der Waals surface area contributed by atoms with Crippen LogP contribution in [0.2, 0.25) is 0 Å². The highest BCUT2D eigenvalue weighted by Crippen LogP contribution is 2.64. The molecule has 77 heavy (non-hydrogen) atoms. The van der Waals surface area contributed by atoms with Gasteiger partial charge in [0.15, 0.2) is 0 Å². The maximum Gasteiger partial charge on any atom is 0.143 e. The minimum atomic E-state index is -0.452. The van der Waals surface area contributed by atoms with E-state index in [1.54, 1.807) is 0 Å². The molecular formula is C75H51NO. The first-order valence-corrected chi connectivity index (χ1v) is 27.2. The Labute approximate surface area is 447 Å². The van der Waals surface area contributed by atoms with Crippen LogP contribution in [-0.4, -0.2) is 4.57 Å². The summed E-state index contributed by atoms with van der Waals surface area (Å²) in [5.74, 6) is 0.366. The van der Waals surface area contributed by atoms with Gasteiger partial charge in [0, 0.05) is 21.7 Å². The molecule has 2 heterocycles. The summed E-state index contributed by atoms with van der Waals surface area (Å²) < 4.78 is 9.89. The number of hydrogen-bond acceptors (Lipinski definition) is 1. The quantitative estimate of drug-likeness (QED) is 0.141. The Morgan fingerprint density at radius 2 is 0.974 bits per heavy atom.